The Labute approximate surface area is 173 Å². The van der Waals surface area contributed by atoms with Gasteiger partial charge >= 0.3 is 0 Å². The normalized spacial score (nSPS) is 12.6. The summed E-state index contributed by atoms with van der Waals surface area (Å²) in [5, 5.41) is 2.85. The van der Waals surface area contributed by atoms with Gasteiger partial charge in [0.05, 0.1) is 7.11 Å². The van der Waals surface area contributed by atoms with Crippen LogP contribution in [0.2, 0.25) is 0 Å². The highest BCUT2D eigenvalue weighted by Gasteiger charge is 2.28. The average Bonchev–Trinajstić information content (AvgIpc) is 2.67. The standard InChI is InChI=1S/C22H30N2O4S/c1-16(2)12-13-23-22(25)19(15-18-8-6-5-7-9-18)24-29(26,27)21-14-17(3)10-11-20(21)28-4/h5-11,14,16,19,24H,12-13,15H2,1-4H3,(H,23,25). The third-order valence-electron chi connectivity index (χ3n) is 4.53. The number of nitrogens with one attached hydrogen (secondary N) is 2. The molecule has 0 bridgehead atoms. The molecule has 2 aromatic rings. The molecule has 0 heterocycles. The van der Waals surface area contributed by atoms with Crippen molar-refractivity contribution in [2.45, 2.75) is 44.6 Å². The van der Waals surface area contributed by atoms with E-state index in [-0.39, 0.29) is 23.0 Å². The molecular weight excluding hydrogens is 388 g/mol. The van der Waals surface area contributed by atoms with E-state index >= 15 is 0 Å². The van der Waals surface area contributed by atoms with Crippen molar-refractivity contribution in [3.63, 3.8) is 0 Å². The van der Waals surface area contributed by atoms with Gasteiger partial charge in [-0.2, -0.15) is 4.72 Å². The lowest BCUT2D eigenvalue weighted by atomic mass is 10.1. The summed E-state index contributed by atoms with van der Waals surface area (Å²) in [5.74, 6) is 0.336. The van der Waals surface area contributed by atoms with Crippen molar-refractivity contribution in [3.05, 3.63) is 59.7 Å². The monoisotopic (exact) mass is 418 g/mol. The van der Waals surface area contributed by atoms with Crippen LogP contribution in [0, 0.1) is 12.8 Å². The molecule has 0 aliphatic carbocycles. The summed E-state index contributed by atoms with van der Waals surface area (Å²) in [6, 6.07) is 13.3. The Kier molecular flexibility index (Phi) is 8.22. The molecule has 158 valence electrons. The Bertz CT molecular complexity index is 912. The van der Waals surface area contributed by atoms with Crippen LogP contribution in [0.4, 0.5) is 0 Å². The van der Waals surface area contributed by atoms with Gasteiger partial charge in [-0.05, 0) is 48.9 Å². The zero-order chi connectivity index (χ0) is 21.4. The van der Waals surface area contributed by atoms with Gasteiger partial charge in [0, 0.05) is 6.54 Å². The number of carbonyl (C=O) groups is 1. The van der Waals surface area contributed by atoms with Gasteiger partial charge < -0.3 is 10.1 Å². The Morgan fingerprint density at radius 1 is 1.10 bits per heavy atom. The third kappa shape index (κ3) is 6.87. The van der Waals surface area contributed by atoms with E-state index in [0.717, 1.165) is 17.5 Å². The predicted octanol–water partition coefficient (Wildman–Crippen LogP) is 3.06. The molecule has 6 nitrogen and oxygen atoms in total. The largest absolute Gasteiger partial charge is 0.495 e. The Morgan fingerprint density at radius 2 is 1.79 bits per heavy atom. The smallest absolute Gasteiger partial charge is 0.244 e. The molecule has 0 aliphatic rings. The summed E-state index contributed by atoms with van der Waals surface area (Å²) in [6.07, 6.45) is 1.07. The highest BCUT2D eigenvalue weighted by atomic mass is 32.2. The number of hydrogen-bond acceptors (Lipinski definition) is 4. The lowest BCUT2D eigenvalue weighted by molar-refractivity contribution is -0.122. The second-order valence-electron chi connectivity index (χ2n) is 7.49. The first-order chi connectivity index (χ1) is 13.7. The van der Waals surface area contributed by atoms with Crippen molar-refractivity contribution in [3.8, 4) is 5.75 Å². The first kappa shape index (κ1) is 22.9. The maximum Gasteiger partial charge on any atom is 0.244 e. The number of carbonyl (C=O) groups excluding carboxylic acids is 1. The summed E-state index contributed by atoms with van der Waals surface area (Å²) in [5.41, 5.74) is 1.66. The fraction of sp³-hybridized carbons (Fsp3) is 0.409. The van der Waals surface area contributed by atoms with Crippen LogP contribution in [0.15, 0.2) is 53.4 Å². The van der Waals surface area contributed by atoms with Crippen LogP contribution in [0.5, 0.6) is 5.75 Å². The quantitative estimate of drug-likeness (QED) is 0.621. The van der Waals surface area contributed by atoms with E-state index in [2.05, 4.69) is 23.9 Å². The van der Waals surface area contributed by atoms with E-state index in [1.165, 1.54) is 13.2 Å². The minimum Gasteiger partial charge on any atom is -0.495 e. The van der Waals surface area contributed by atoms with Crippen LogP contribution in [0.3, 0.4) is 0 Å². The summed E-state index contributed by atoms with van der Waals surface area (Å²) in [4.78, 5) is 12.8. The molecule has 0 fully saturated rings. The van der Waals surface area contributed by atoms with Crippen molar-refractivity contribution in [1.29, 1.82) is 0 Å². The number of hydrogen-bond donors (Lipinski definition) is 2. The molecule has 0 saturated carbocycles. The van der Waals surface area contributed by atoms with E-state index < -0.39 is 16.1 Å². The van der Waals surface area contributed by atoms with Crippen LogP contribution < -0.4 is 14.8 Å². The van der Waals surface area contributed by atoms with Crippen LogP contribution in [-0.2, 0) is 21.2 Å². The number of aryl methyl sites for hydroxylation is 1. The van der Waals surface area contributed by atoms with Gasteiger partial charge in [-0.3, -0.25) is 4.79 Å². The number of ether oxygens (including phenoxy) is 1. The summed E-state index contributed by atoms with van der Waals surface area (Å²) >= 11 is 0. The highest BCUT2D eigenvalue weighted by Crippen LogP contribution is 2.25. The first-order valence-corrected chi connectivity index (χ1v) is 11.2. The summed E-state index contributed by atoms with van der Waals surface area (Å²) in [7, 11) is -2.55. The van der Waals surface area contributed by atoms with Crippen LogP contribution in [0.25, 0.3) is 0 Å². The molecule has 2 rings (SSSR count). The Balaban J connectivity index is 2.28. The number of amides is 1. The Morgan fingerprint density at radius 3 is 2.41 bits per heavy atom. The number of sulfonamides is 1. The second kappa shape index (κ2) is 10.4. The maximum atomic E-state index is 13.1. The lowest BCUT2D eigenvalue weighted by Gasteiger charge is -2.20. The number of methoxy groups -OCH3 is 1. The van der Waals surface area contributed by atoms with E-state index in [4.69, 9.17) is 4.74 Å². The molecule has 0 saturated heterocycles. The maximum absolute atomic E-state index is 13.1. The van der Waals surface area contributed by atoms with E-state index in [1.54, 1.807) is 19.1 Å². The van der Waals surface area contributed by atoms with Crippen LogP contribution in [0.1, 0.15) is 31.4 Å². The van der Waals surface area contributed by atoms with Gasteiger partial charge in [0.2, 0.25) is 15.9 Å². The molecule has 1 unspecified atom stereocenters. The van der Waals surface area contributed by atoms with E-state index in [0.29, 0.717) is 12.5 Å². The summed E-state index contributed by atoms with van der Waals surface area (Å²) in [6.45, 7) is 6.44. The molecule has 29 heavy (non-hydrogen) atoms. The molecule has 0 aromatic heterocycles. The van der Waals surface area contributed by atoms with Crippen molar-refractivity contribution in [2.75, 3.05) is 13.7 Å². The van der Waals surface area contributed by atoms with Gasteiger partial charge in [0.15, 0.2) is 0 Å². The molecule has 1 amide bonds. The van der Waals surface area contributed by atoms with E-state index in [1.807, 2.05) is 30.3 Å². The van der Waals surface area contributed by atoms with Crippen molar-refractivity contribution in [2.24, 2.45) is 5.92 Å². The van der Waals surface area contributed by atoms with E-state index in [9.17, 15) is 13.2 Å². The Hall–Kier alpha value is -2.38. The third-order valence-corrected chi connectivity index (χ3v) is 6.02. The topological polar surface area (TPSA) is 84.5 Å². The van der Waals surface area contributed by atoms with Crippen LogP contribution >= 0.6 is 0 Å². The molecule has 7 heteroatoms. The SMILES string of the molecule is COc1ccc(C)cc1S(=O)(=O)NC(Cc1ccccc1)C(=O)NCCC(C)C. The predicted molar refractivity (Wildman–Crippen MR) is 114 cm³/mol. The molecule has 2 aromatic carbocycles. The van der Waals surface area contributed by atoms with Gasteiger partial charge in [0.1, 0.15) is 16.7 Å². The van der Waals surface area contributed by atoms with Crippen molar-refractivity contribution >= 4 is 15.9 Å². The molecule has 0 radical (unpaired) electrons. The number of rotatable bonds is 10. The number of benzene rings is 2. The zero-order valence-electron chi connectivity index (χ0n) is 17.4. The molecule has 1 atom stereocenters. The van der Waals surface area contributed by atoms with Crippen molar-refractivity contribution < 1.29 is 17.9 Å². The lowest BCUT2D eigenvalue weighted by Crippen LogP contribution is -2.48. The van der Waals surface area contributed by atoms with Crippen LogP contribution in [-0.4, -0.2) is 34.0 Å². The molecule has 0 spiro atoms. The molecular formula is C22H30N2O4S. The zero-order valence-corrected chi connectivity index (χ0v) is 18.3. The average molecular weight is 419 g/mol. The van der Waals surface area contributed by atoms with Gasteiger partial charge in [0.25, 0.3) is 0 Å². The highest BCUT2D eigenvalue weighted by molar-refractivity contribution is 7.89. The van der Waals surface area contributed by atoms with Crippen molar-refractivity contribution in [1.82, 2.24) is 10.0 Å². The second-order valence-corrected chi connectivity index (χ2v) is 9.17. The molecule has 0 aliphatic heterocycles. The fourth-order valence-electron chi connectivity index (χ4n) is 2.89. The van der Waals surface area contributed by atoms with Gasteiger partial charge in [-0.25, -0.2) is 8.42 Å². The fourth-order valence-corrected chi connectivity index (χ4v) is 4.34. The van der Waals surface area contributed by atoms with Gasteiger partial charge in [-0.15, -0.1) is 0 Å². The summed E-state index contributed by atoms with van der Waals surface area (Å²) < 4.78 is 34.0. The minimum absolute atomic E-state index is 0.0213. The minimum atomic E-state index is -3.97. The first-order valence-electron chi connectivity index (χ1n) is 9.71. The molecule has 2 N–H and O–H groups in total. The van der Waals surface area contributed by atoms with Gasteiger partial charge in [-0.1, -0.05) is 50.2 Å².